The number of aryl methyl sites for hydroxylation is 1. The number of allylic oxidation sites excluding steroid dienone is 1. The van der Waals surface area contributed by atoms with Gasteiger partial charge in [-0.25, -0.2) is 0 Å². The Balaban J connectivity index is 1.15. The van der Waals surface area contributed by atoms with Gasteiger partial charge in [-0.05, 0) is 123 Å². The molecule has 2 aromatic carbocycles. The fraction of sp³-hybridized carbons (Fsp3) is 0.533. The highest BCUT2D eigenvalue weighted by Gasteiger charge is 2.33. The van der Waals surface area contributed by atoms with E-state index in [9.17, 15) is 13.2 Å². The molecule has 2 aromatic rings. The molecule has 4 rings (SSSR count). The summed E-state index contributed by atoms with van der Waals surface area (Å²) in [5.74, 6) is 3.44. The van der Waals surface area contributed by atoms with E-state index in [0.29, 0.717) is 11.8 Å². The molecule has 0 saturated heterocycles. The first-order chi connectivity index (χ1) is 17.4. The third-order valence-corrected chi connectivity index (χ3v) is 8.19. The van der Waals surface area contributed by atoms with Gasteiger partial charge < -0.3 is 9.47 Å². The first-order valence-electron chi connectivity index (χ1n) is 13.2. The van der Waals surface area contributed by atoms with Gasteiger partial charge in [0.1, 0.15) is 11.5 Å². The number of rotatable bonds is 9. The van der Waals surface area contributed by atoms with E-state index in [1.807, 2.05) is 6.08 Å². The fourth-order valence-electron chi connectivity index (χ4n) is 5.97. The van der Waals surface area contributed by atoms with Crippen LogP contribution in [-0.4, -0.2) is 13.0 Å². The van der Waals surface area contributed by atoms with Crippen molar-refractivity contribution in [1.29, 1.82) is 0 Å². The fourth-order valence-corrected chi connectivity index (χ4v) is 6.10. The summed E-state index contributed by atoms with van der Waals surface area (Å²) in [5, 5.41) is 0. The minimum absolute atomic E-state index is 0.145. The Kier molecular flexibility index (Phi) is 9.64. The van der Waals surface area contributed by atoms with Crippen molar-refractivity contribution in [1.82, 2.24) is 0 Å². The van der Waals surface area contributed by atoms with Crippen LogP contribution in [0.3, 0.4) is 0 Å². The van der Waals surface area contributed by atoms with E-state index < -0.39 is 6.36 Å². The summed E-state index contributed by atoms with van der Waals surface area (Å²) in [4.78, 5) is 0. The predicted molar refractivity (Wildman–Crippen MR) is 139 cm³/mol. The first kappa shape index (κ1) is 26.9. The highest BCUT2D eigenvalue weighted by atomic mass is 35.5. The van der Waals surface area contributed by atoms with E-state index >= 15 is 0 Å². The number of hydrogen-bond acceptors (Lipinski definition) is 2. The minimum Gasteiger partial charge on any atom is -0.493 e. The van der Waals surface area contributed by atoms with Crippen LogP contribution < -0.4 is 9.47 Å². The molecule has 0 atom stereocenters. The Labute approximate surface area is 217 Å². The molecule has 0 radical (unpaired) electrons. The molecule has 36 heavy (non-hydrogen) atoms. The molecule has 0 bridgehead atoms. The van der Waals surface area contributed by atoms with Gasteiger partial charge in [0.15, 0.2) is 0 Å². The van der Waals surface area contributed by atoms with Crippen molar-refractivity contribution in [3.63, 3.8) is 0 Å². The van der Waals surface area contributed by atoms with Crippen molar-refractivity contribution in [2.24, 2.45) is 17.8 Å². The first-order valence-corrected chi connectivity index (χ1v) is 13.7. The van der Waals surface area contributed by atoms with Crippen molar-refractivity contribution >= 4 is 11.6 Å². The van der Waals surface area contributed by atoms with Crippen LogP contribution in [-0.2, 0) is 6.42 Å². The normalized spacial score (nSPS) is 25.1. The number of hydrogen-bond donors (Lipinski definition) is 0. The maximum atomic E-state index is 12.4. The summed E-state index contributed by atoms with van der Waals surface area (Å²) in [6.45, 7) is 0.793. The molecule has 0 aliphatic heterocycles. The SMILES string of the molecule is FC(F)(F)Oc1ccc(C2CCC(C3CCC(COc4ccc(CCC=CCl)cc4)CC3)CC2)cc1. The predicted octanol–water partition coefficient (Wildman–Crippen LogP) is 9.43. The van der Waals surface area contributed by atoms with Crippen LogP contribution in [0.5, 0.6) is 11.5 Å². The Bertz CT molecular complexity index is 940. The van der Waals surface area contributed by atoms with E-state index in [2.05, 4.69) is 29.0 Å². The van der Waals surface area contributed by atoms with Crippen molar-refractivity contribution in [3.8, 4) is 11.5 Å². The van der Waals surface area contributed by atoms with Crippen molar-refractivity contribution < 1.29 is 22.6 Å². The molecule has 2 fully saturated rings. The van der Waals surface area contributed by atoms with Gasteiger partial charge in [-0.3, -0.25) is 0 Å². The maximum absolute atomic E-state index is 12.4. The van der Waals surface area contributed by atoms with Crippen LogP contribution in [0.2, 0.25) is 0 Å². The molecule has 0 amide bonds. The third kappa shape index (κ3) is 8.19. The van der Waals surface area contributed by atoms with E-state index in [4.69, 9.17) is 16.3 Å². The highest BCUT2D eigenvalue weighted by Crippen LogP contribution is 2.44. The zero-order valence-corrected chi connectivity index (χ0v) is 21.4. The topological polar surface area (TPSA) is 18.5 Å². The van der Waals surface area contributed by atoms with Gasteiger partial charge in [0.2, 0.25) is 0 Å². The van der Waals surface area contributed by atoms with Gasteiger partial charge in [-0.1, -0.05) is 41.9 Å². The van der Waals surface area contributed by atoms with Crippen molar-refractivity contribution in [3.05, 3.63) is 71.3 Å². The van der Waals surface area contributed by atoms with E-state index in [0.717, 1.165) is 55.4 Å². The quantitative estimate of drug-likeness (QED) is 0.328. The molecular formula is C30H36ClF3O2. The second-order valence-corrected chi connectivity index (χ2v) is 10.6. The lowest BCUT2D eigenvalue weighted by Crippen LogP contribution is -2.27. The Morgan fingerprint density at radius 1 is 0.778 bits per heavy atom. The van der Waals surface area contributed by atoms with Gasteiger partial charge in [-0.2, -0.15) is 0 Å². The molecule has 0 N–H and O–H groups in total. The summed E-state index contributed by atoms with van der Waals surface area (Å²) in [6, 6.07) is 14.9. The molecule has 0 unspecified atom stereocenters. The molecule has 0 aromatic heterocycles. The van der Waals surface area contributed by atoms with Crippen molar-refractivity contribution in [2.75, 3.05) is 6.61 Å². The molecule has 0 spiro atoms. The van der Waals surface area contributed by atoms with E-state index in [-0.39, 0.29) is 5.75 Å². The monoisotopic (exact) mass is 520 g/mol. The zero-order valence-electron chi connectivity index (χ0n) is 20.7. The average molecular weight is 521 g/mol. The van der Waals surface area contributed by atoms with Gasteiger partial charge in [-0.15, -0.1) is 13.2 Å². The van der Waals surface area contributed by atoms with Crippen LogP contribution in [0.4, 0.5) is 13.2 Å². The molecule has 2 aliphatic rings. The molecule has 196 valence electrons. The Hall–Kier alpha value is -2.14. The molecule has 0 heterocycles. The number of benzene rings is 2. The standard InChI is InChI=1S/C30H36ClF3O2/c31-20-2-1-3-22-6-16-28(17-7-22)35-21-23-4-8-24(9-5-23)25-10-12-26(13-11-25)27-14-18-29(19-15-27)36-30(32,33)34/h2,6-7,14-20,23-26H,1,3-5,8-13,21H2. The largest absolute Gasteiger partial charge is 0.573 e. The summed E-state index contributed by atoms with van der Waals surface area (Å²) in [7, 11) is 0. The number of alkyl halides is 3. The lowest BCUT2D eigenvalue weighted by atomic mass is 9.68. The summed E-state index contributed by atoms with van der Waals surface area (Å²) < 4.78 is 47.2. The van der Waals surface area contributed by atoms with Crippen LogP contribution in [0.15, 0.2) is 60.1 Å². The average Bonchev–Trinajstić information content (AvgIpc) is 2.88. The lowest BCUT2D eigenvalue weighted by molar-refractivity contribution is -0.274. The second-order valence-electron chi connectivity index (χ2n) is 10.4. The van der Waals surface area contributed by atoms with E-state index in [1.54, 1.807) is 17.7 Å². The van der Waals surface area contributed by atoms with Crippen LogP contribution in [0.25, 0.3) is 0 Å². The molecule has 2 aliphatic carbocycles. The van der Waals surface area contributed by atoms with Crippen LogP contribution >= 0.6 is 11.6 Å². The van der Waals surface area contributed by atoms with Gasteiger partial charge in [0.05, 0.1) is 6.61 Å². The summed E-state index contributed by atoms with van der Waals surface area (Å²) in [6.07, 6.45) is 8.93. The smallest absolute Gasteiger partial charge is 0.493 e. The summed E-state index contributed by atoms with van der Waals surface area (Å²) in [5.41, 5.74) is 3.99. The molecule has 2 saturated carbocycles. The zero-order chi connectivity index (χ0) is 25.4. The molecular weight excluding hydrogens is 485 g/mol. The second kappa shape index (κ2) is 12.9. The lowest BCUT2D eigenvalue weighted by Gasteiger charge is -2.38. The highest BCUT2D eigenvalue weighted by molar-refractivity contribution is 6.25. The van der Waals surface area contributed by atoms with E-state index in [1.165, 1.54) is 56.2 Å². The molecule has 2 nitrogen and oxygen atoms in total. The van der Waals surface area contributed by atoms with Crippen LogP contribution in [0, 0.1) is 17.8 Å². The van der Waals surface area contributed by atoms with Crippen molar-refractivity contribution in [2.45, 2.75) is 76.5 Å². The number of ether oxygens (including phenoxy) is 2. The van der Waals surface area contributed by atoms with Gasteiger partial charge in [0.25, 0.3) is 0 Å². The van der Waals surface area contributed by atoms with Crippen LogP contribution in [0.1, 0.15) is 74.8 Å². The summed E-state index contributed by atoms with van der Waals surface area (Å²) >= 11 is 5.58. The van der Waals surface area contributed by atoms with Gasteiger partial charge in [0, 0.05) is 5.54 Å². The third-order valence-electron chi connectivity index (χ3n) is 8.01. The Morgan fingerprint density at radius 2 is 1.36 bits per heavy atom. The number of halogens is 4. The Morgan fingerprint density at radius 3 is 1.94 bits per heavy atom. The van der Waals surface area contributed by atoms with Gasteiger partial charge >= 0.3 is 6.36 Å². The minimum atomic E-state index is -4.64. The molecule has 6 heteroatoms. The maximum Gasteiger partial charge on any atom is 0.573 e.